The van der Waals surface area contributed by atoms with Gasteiger partial charge in [-0.3, -0.25) is 0 Å². The molecular formula is C18H19F3O. The first kappa shape index (κ1) is 16.4. The van der Waals surface area contributed by atoms with Crippen LogP contribution in [0.15, 0.2) is 48.5 Å². The highest BCUT2D eigenvalue weighted by atomic mass is 19.4. The van der Waals surface area contributed by atoms with Gasteiger partial charge in [0.1, 0.15) is 12.4 Å². The first-order valence-corrected chi connectivity index (χ1v) is 7.06. The summed E-state index contributed by atoms with van der Waals surface area (Å²) < 4.78 is 43.3. The second-order valence-electron chi connectivity index (χ2n) is 6.26. The molecule has 1 nitrogen and oxygen atoms in total. The van der Waals surface area contributed by atoms with Crippen molar-refractivity contribution in [3.05, 3.63) is 65.2 Å². The molecule has 0 aliphatic carbocycles. The Balaban J connectivity index is 2.04. The summed E-state index contributed by atoms with van der Waals surface area (Å²) in [5.41, 5.74) is 1.49. The molecule has 0 heterocycles. The Labute approximate surface area is 128 Å². The Hall–Kier alpha value is -1.97. The first-order chi connectivity index (χ1) is 10.2. The van der Waals surface area contributed by atoms with Gasteiger partial charge in [-0.1, -0.05) is 51.1 Å². The molecule has 2 aromatic carbocycles. The van der Waals surface area contributed by atoms with Gasteiger partial charge in [-0.2, -0.15) is 13.2 Å². The molecule has 2 rings (SSSR count). The Bertz CT molecular complexity index is 622. The van der Waals surface area contributed by atoms with Crippen molar-refractivity contribution in [1.82, 2.24) is 0 Å². The Kier molecular flexibility index (Phi) is 4.50. The van der Waals surface area contributed by atoms with E-state index in [0.717, 1.165) is 17.7 Å². The predicted molar refractivity (Wildman–Crippen MR) is 80.9 cm³/mol. The molecular weight excluding hydrogens is 289 g/mol. The zero-order chi connectivity index (χ0) is 16.4. The monoisotopic (exact) mass is 308 g/mol. The number of ether oxygens (including phenoxy) is 1. The van der Waals surface area contributed by atoms with Crippen molar-refractivity contribution in [2.45, 2.75) is 39.0 Å². The molecule has 0 unspecified atom stereocenters. The highest BCUT2D eigenvalue weighted by Crippen LogP contribution is 2.31. The maximum absolute atomic E-state index is 12.6. The Morgan fingerprint density at radius 1 is 0.864 bits per heavy atom. The minimum absolute atomic E-state index is 0.0699. The fourth-order valence-electron chi connectivity index (χ4n) is 2.03. The Morgan fingerprint density at radius 2 is 1.50 bits per heavy atom. The molecule has 118 valence electrons. The number of alkyl halides is 3. The highest BCUT2D eigenvalue weighted by Gasteiger charge is 2.30. The lowest BCUT2D eigenvalue weighted by atomic mass is 9.87. The fraction of sp³-hybridized carbons (Fsp3) is 0.333. The standard InChI is InChI=1S/C18H19F3O/c1-17(2,3)14-9-7-13(8-10-14)12-22-16-6-4-5-15(11-16)18(19,20)21/h4-11H,12H2,1-3H3. The molecule has 0 spiro atoms. The molecule has 22 heavy (non-hydrogen) atoms. The lowest BCUT2D eigenvalue weighted by molar-refractivity contribution is -0.137. The van der Waals surface area contributed by atoms with Crippen LogP contribution in [0.4, 0.5) is 13.2 Å². The fourth-order valence-corrected chi connectivity index (χ4v) is 2.03. The van der Waals surface area contributed by atoms with E-state index in [2.05, 4.69) is 20.8 Å². The van der Waals surface area contributed by atoms with Crippen LogP contribution in [0.25, 0.3) is 0 Å². The van der Waals surface area contributed by atoms with Crippen LogP contribution in [0.1, 0.15) is 37.5 Å². The molecule has 0 fully saturated rings. The van der Waals surface area contributed by atoms with Crippen molar-refractivity contribution in [1.29, 1.82) is 0 Å². The van der Waals surface area contributed by atoms with E-state index in [0.29, 0.717) is 0 Å². The van der Waals surface area contributed by atoms with Gasteiger partial charge in [0.2, 0.25) is 0 Å². The van der Waals surface area contributed by atoms with E-state index in [1.54, 1.807) is 0 Å². The van der Waals surface area contributed by atoms with E-state index < -0.39 is 11.7 Å². The molecule has 0 bridgehead atoms. The maximum atomic E-state index is 12.6. The minimum atomic E-state index is -4.35. The van der Waals surface area contributed by atoms with Gasteiger partial charge in [0.15, 0.2) is 0 Å². The van der Waals surface area contributed by atoms with E-state index in [4.69, 9.17) is 4.74 Å². The molecule has 0 radical (unpaired) electrons. The van der Waals surface area contributed by atoms with Crippen molar-refractivity contribution in [2.75, 3.05) is 0 Å². The summed E-state index contributed by atoms with van der Waals surface area (Å²) in [4.78, 5) is 0. The largest absolute Gasteiger partial charge is 0.489 e. The zero-order valence-electron chi connectivity index (χ0n) is 12.9. The van der Waals surface area contributed by atoms with Crippen LogP contribution in [-0.2, 0) is 18.2 Å². The van der Waals surface area contributed by atoms with Crippen LogP contribution < -0.4 is 4.74 Å². The maximum Gasteiger partial charge on any atom is 0.416 e. The smallest absolute Gasteiger partial charge is 0.416 e. The van der Waals surface area contributed by atoms with E-state index in [-0.39, 0.29) is 17.8 Å². The molecule has 0 aliphatic rings. The average molecular weight is 308 g/mol. The average Bonchev–Trinajstić information content (AvgIpc) is 2.44. The summed E-state index contributed by atoms with van der Waals surface area (Å²) in [6.45, 7) is 6.62. The number of halogens is 3. The quantitative estimate of drug-likeness (QED) is 0.719. The van der Waals surface area contributed by atoms with Crippen LogP contribution in [0, 0.1) is 0 Å². The van der Waals surface area contributed by atoms with E-state index in [1.165, 1.54) is 17.7 Å². The van der Waals surface area contributed by atoms with E-state index in [1.807, 2.05) is 24.3 Å². The van der Waals surface area contributed by atoms with Gasteiger partial charge in [-0.25, -0.2) is 0 Å². The first-order valence-electron chi connectivity index (χ1n) is 7.06. The second kappa shape index (κ2) is 6.03. The molecule has 2 aromatic rings. The third-order valence-electron chi connectivity index (χ3n) is 3.39. The van der Waals surface area contributed by atoms with Crippen LogP contribution in [0.5, 0.6) is 5.75 Å². The Morgan fingerprint density at radius 3 is 2.05 bits per heavy atom. The van der Waals surface area contributed by atoms with Gasteiger partial charge in [0.05, 0.1) is 5.56 Å². The van der Waals surface area contributed by atoms with Crippen molar-refractivity contribution in [3.8, 4) is 5.75 Å². The van der Waals surface area contributed by atoms with Crippen LogP contribution >= 0.6 is 0 Å². The SMILES string of the molecule is CC(C)(C)c1ccc(COc2cccc(C(F)(F)F)c2)cc1. The summed E-state index contributed by atoms with van der Waals surface area (Å²) in [6, 6.07) is 12.8. The number of hydrogen-bond donors (Lipinski definition) is 0. The topological polar surface area (TPSA) is 9.23 Å². The molecule has 0 saturated carbocycles. The van der Waals surface area contributed by atoms with Gasteiger partial charge in [-0.15, -0.1) is 0 Å². The van der Waals surface area contributed by atoms with Gasteiger partial charge in [-0.05, 0) is 34.7 Å². The van der Waals surface area contributed by atoms with Gasteiger partial charge < -0.3 is 4.74 Å². The molecule has 0 saturated heterocycles. The molecule has 0 aromatic heterocycles. The van der Waals surface area contributed by atoms with E-state index >= 15 is 0 Å². The summed E-state index contributed by atoms with van der Waals surface area (Å²) in [5, 5.41) is 0. The van der Waals surface area contributed by atoms with E-state index in [9.17, 15) is 13.2 Å². The predicted octanol–water partition coefficient (Wildman–Crippen LogP) is 5.58. The molecule has 0 atom stereocenters. The van der Waals surface area contributed by atoms with Crippen molar-refractivity contribution in [3.63, 3.8) is 0 Å². The van der Waals surface area contributed by atoms with Crippen LogP contribution in [0.3, 0.4) is 0 Å². The lowest BCUT2D eigenvalue weighted by Gasteiger charge is -2.19. The molecule has 0 amide bonds. The lowest BCUT2D eigenvalue weighted by Crippen LogP contribution is -2.10. The summed E-state index contributed by atoms with van der Waals surface area (Å²) in [6.07, 6.45) is -4.35. The van der Waals surface area contributed by atoms with Crippen molar-refractivity contribution < 1.29 is 17.9 Å². The van der Waals surface area contributed by atoms with Gasteiger partial charge in [0.25, 0.3) is 0 Å². The molecule has 0 N–H and O–H groups in total. The van der Waals surface area contributed by atoms with Gasteiger partial charge in [0, 0.05) is 0 Å². The number of hydrogen-bond acceptors (Lipinski definition) is 1. The van der Waals surface area contributed by atoms with Crippen LogP contribution in [0.2, 0.25) is 0 Å². The highest BCUT2D eigenvalue weighted by molar-refractivity contribution is 5.31. The summed E-state index contributed by atoms with van der Waals surface area (Å²) in [5.74, 6) is 0.217. The summed E-state index contributed by atoms with van der Waals surface area (Å²) in [7, 11) is 0. The minimum Gasteiger partial charge on any atom is -0.489 e. The number of rotatable bonds is 3. The third-order valence-corrected chi connectivity index (χ3v) is 3.39. The van der Waals surface area contributed by atoms with Crippen molar-refractivity contribution in [2.24, 2.45) is 0 Å². The molecule has 0 aliphatic heterocycles. The summed E-state index contributed by atoms with van der Waals surface area (Å²) >= 11 is 0. The van der Waals surface area contributed by atoms with Gasteiger partial charge >= 0.3 is 6.18 Å². The normalized spacial score (nSPS) is 12.3. The zero-order valence-corrected chi connectivity index (χ0v) is 12.9. The number of benzene rings is 2. The second-order valence-corrected chi connectivity index (χ2v) is 6.26. The van der Waals surface area contributed by atoms with Crippen LogP contribution in [-0.4, -0.2) is 0 Å². The van der Waals surface area contributed by atoms with Crippen molar-refractivity contribution >= 4 is 0 Å². The molecule has 4 heteroatoms. The third kappa shape index (κ3) is 4.26.